The van der Waals surface area contributed by atoms with E-state index in [1.54, 1.807) is 18.2 Å². The number of benzene rings is 2. The van der Waals surface area contributed by atoms with Gasteiger partial charge in [-0.15, -0.1) is 0 Å². The number of hydrogen-bond acceptors (Lipinski definition) is 2. The van der Waals surface area contributed by atoms with Crippen LogP contribution in [-0.4, -0.2) is 12.5 Å². The van der Waals surface area contributed by atoms with Crippen molar-refractivity contribution in [1.29, 1.82) is 0 Å². The first-order valence-electron chi connectivity index (χ1n) is 6.74. The normalized spacial score (nSPS) is 10.3. The number of nitrogens with one attached hydrogen (secondary N) is 2. The summed E-state index contributed by atoms with van der Waals surface area (Å²) in [6.45, 7) is 0.749. The lowest BCUT2D eigenvalue weighted by Crippen LogP contribution is -2.24. The van der Waals surface area contributed by atoms with Gasteiger partial charge in [0, 0.05) is 25.2 Å². The van der Waals surface area contributed by atoms with Crippen molar-refractivity contribution >= 4 is 23.2 Å². The van der Waals surface area contributed by atoms with Crippen LogP contribution in [0.25, 0.3) is 0 Å². The highest BCUT2D eigenvalue weighted by atomic mass is 35.5. The fourth-order valence-electron chi connectivity index (χ4n) is 1.82. The lowest BCUT2D eigenvalue weighted by Gasteiger charge is -2.08. The first-order chi connectivity index (χ1) is 10.5. The number of carbonyl (C=O) groups is 1. The Labute approximate surface area is 132 Å². The molecule has 0 radical (unpaired) electrons. The van der Waals surface area contributed by atoms with E-state index < -0.39 is 5.82 Å². The maximum Gasteiger partial charge on any atom is 0.222 e. The third-order valence-electron chi connectivity index (χ3n) is 3.00. The summed E-state index contributed by atoms with van der Waals surface area (Å²) in [5.41, 5.74) is 1.48. The molecule has 0 bridgehead atoms. The number of amides is 1. The van der Waals surface area contributed by atoms with Gasteiger partial charge < -0.3 is 10.6 Å². The van der Waals surface area contributed by atoms with E-state index in [0.29, 0.717) is 18.8 Å². The molecule has 0 saturated carbocycles. The number of halogens is 3. The lowest BCUT2D eigenvalue weighted by atomic mass is 10.2. The lowest BCUT2D eigenvalue weighted by molar-refractivity contribution is -0.121. The zero-order valence-electron chi connectivity index (χ0n) is 11.7. The van der Waals surface area contributed by atoms with Crippen LogP contribution in [0.2, 0.25) is 5.02 Å². The van der Waals surface area contributed by atoms with Crippen LogP contribution in [-0.2, 0) is 11.3 Å². The van der Waals surface area contributed by atoms with E-state index in [0.717, 1.165) is 5.56 Å². The summed E-state index contributed by atoms with van der Waals surface area (Å²) in [7, 11) is 0. The summed E-state index contributed by atoms with van der Waals surface area (Å²) < 4.78 is 25.7. The average Bonchev–Trinajstić information content (AvgIpc) is 2.50. The summed E-state index contributed by atoms with van der Waals surface area (Å²) in [6, 6.07) is 10.2. The maximum atomic E-state index is 13.0. The van der Waals surface area contributed by atoms with E-state index in [1.165, 1.54) is 24.3 Å². The fourth-order valence-corrected chi connectivity index (χ4v) is 2.00. The second-order valence-electron chi connectivity index (χ2n) is 4.71. The SMILES string of the molecule is O=C(CCNc1ccc(F)c(Cl)c1)NCc1ccc(F)cc1. The van der Waals surface area contributed by atoms with Gasteiger partial charge in [0.15, 0.2) is 0 Å². The Morgan fingerprint density at radius 3 is 2.50 bits per heavy atom. The molecule has 0 aliphatic carbocycles. The van der Waals surface area contributed by atoms with Crippen LogP contribution < -0.4 is 10.6 Å². The summed E-state index contributed by atoms with van der Waals surface area (Å²) >= 11 is 5.66. The van der Waals surface area contributed by atoms with Crippen molar-refractivity contribution in [3.63, 3.8) is 0 Å². The number of anilines is 1. The molecule has 2 rings (SSSR count). The minimum absolute atomic E-state index is 0.0331. The number of rotatable bonds is 6. The molecule has 0 saturated heterocycles. The van der Waals surface area contributed by atoms with Gasteiger partial charge in [-0.3, -0.25) is 4.79 Å². The molecule has 116 valence electrons. The van der Waals surface area contributed by atoms with Crippen LogP contribution in [0, 0.1) is 11.6 Å². The smallest absolute Gasteiger partial charge is 0.222 e. The summed E-state index contributed by atoms with van der Waals surface area (Å²) in [5, 5.41) is 5.76. The molecule has 2 aromatic carbocycles. The first kappa shape index (κ1) is 16.2. The summed E-state index contributed by atoms with van der Waals surface area (Å²) in [5.74, 6) is -0.925. The molecule has 0 aliphatic rings. The molecule has 0 unspecified atom stereocenters. The molecule has 0 aromatic heterocycles. The van der Waals surface area contributed by atoms with Crippen LogP contribution in [0.4, 0.5) is 14.5 Å². The number of hydrogen-bond donors (Lipinski definition) is 2. The summed E-state index contributed by atoms with van der Waals surface area (Å²) in [6.07, 6.45) is 0.260. The third-order valence-corrected chi connectivity index (χ3v) is 3.29. The molecule has 0 spiro atoms. The Kier molecular flexibility index (Phi) is 5.72. The van der Waals surface area contributed by atoms with Gasteiger partial charge in [0.2, 0.25) is 5.91 Å². The minimum Gasteiger partial charge on any atom is -0.384 e. The maximum absolute atomic E-state index is 13.0. The Hall–Kier alpha value is -2.14. The second kappa shape index (κ2) is 7.75. The van der Waals surface area contributed by atoms with Gasteiger partial charge in [0.1, 0.15) is 11.6 Å². The van der Waals surface area contributed by atoms with Gasteiger partial charge in [-0.1, -0.05) is 23.7 Å². The van der Waals surface area contributed by atoms with Crippen molar-refractivity contribution in [1.82, 2.24) is 5.32 Å². The van der Waals surface area contributed by atoms with Crippen molar-refractivity contribution in [3.05, 3.63) is 64.7 Å². The van der Waals surface area contributed by atoms with Crippen molar-refractivity contribution in [2.24, 2.45) is 0 Å². The van der Waals surface area contributed by atoms with E-state index in [-0.39, 0.29) is 23.2 Å². The molecule has 2 aromatic rings. The molecule has 0 heterocycles. The fraction of sp³-hybridized carbons (Fsp3) is 0.188. The monoisotopic (exact) mass is 324 g/mol. The zero-order valence-corrected chi connectivity index (χ0v) is 12.5. The molecule has 2 N–H and O–H groups in total. The van der Waals surface area contributed by atoms with Gasteiger partial charge >= 0.3 is 0 Å². The molecule has 0 fully saturated rings. The molecule has 22 heavy (non-hydrogen) atoms. The minimum atomic E-state index is -0.482. The molecular formula is C16H15ClF2N2O. The van der Waals surface area contributed by atoms with Gasteiger partial charge in [0.05, 0.1) is 5.02 Å². The zero-order chi connectivity index (χ0) is 15.9. The Bertz CT molecular complexity index is 647. The van der Waals surface area contributed by atoms with E-state index >= 15 is 0 Å². The quantitative estimate of drug-likeness (QED) is 0.850. The van der Waals surface area contributed by atoms with Gasteiger partial charge in [-0.2, -0.15) is 0 Å². The first-order valence-corrected chi connectivity index (χ1v) is 7.12. The van der Waals surface area contributed by atoms with Gasteiger partial charge in [-0.05, 0) is 35.9 Å². The van der Waals surface area contributed by atoms with Gasteiger partial charge in [-0.25, -0.2) is 8.78 Å². The van der Waals surface area contributed by atoms with Crippen LogP contribution in [0.15, 0.2) is 42.5 Å². The van der Waals surface area contributed by atoms with E-state index in [9.17, 15) is 13.6 Å². The van der Waals surface area contributed by atoms with Crippen LogP contribution in [0.1, 0.15) is 12.0 Å². The topological polar surface area (TPSA) is 41.1 Å². The van der Waals surface area contributed by atoms with Gasteiger partial charge in [0.25, 0.3) is 0 Å². The largest absolute Gasteiger partial charge is 0.384 e. The predicted octanol–water partition coefficient (Wildman–Crippen LogP) is 3.74. The van der Waals surface area contributed by atoms with Crippen LogP contribution in [0.3, 0.4) is 0 Å². The summed E-state index contributed by atoms with van der Waals surface area (Å²) in [4.78, 5) is 11.7. The highest BCUT2D eigenvalue weighted by Gasteiger charge is 2.03. The average molecular weight is 325 g/mol. The molecule has 0 atom stereocenters. The Morgan fingerprint density at radius 1 is 1.09 bits per heavy atom. The Balaban J connectivity index is 1.71. The highest BCUT2D eigenvalue weighted by molar-refractivity contribution is 6.31. The van der Waals surface area contributed by atoms with Crippen molar-refractivity contribution in [2.75, 3.05) is 11.9 Å². The van der Waals surface area contributed by atoms with E-state index in [2.05, 4.69) is 10.6 Å². The van der Waals surface area contributed by atoms with Crippen LogP contribution >= 0.6 is 11.6 Å². The van der Waals surface area contributed by atoms with Crippen molar-refractivity contribution in [2.45, 2.75) is 13.0 Å². The number of carbonyl (C=O) groups excluding carboxylic acids is 1. The molecule has 3 nitrogen and oxygen atoms in total. The van der Waals surface area contributed by atoms with Crippen molar-refractivity contribution < 1.29 is 13.6 Å². The van der Waals surface area contributed by atoms with E-state index in [1.807, 2.05) is 0 Å². The second-order valence-corrected chi connectivity index (χ2v) is 5.12. The molecular weight excluding hydrogens is 310 g/mol. The van der Waals surface area contributed by atoms with E-state index in [4.69, 9.17) is 11.6 Å². The van der Waals surface area contributed by atoms with Crippen molar-refractivity contribution in [3.8, 4) is 0 Å². The highest BCUT2D eigenvalue weighted by Crippen LogP contribution is 2.19. The molecule has 1 amide bonds. The Morgan fingerprint density at radius 2 is 1.82 bits per heavy atom. The third kappa shape index (κ3) is 5.00. The standard InChI is InChI=1S/C16H15ClF2N2O/c17-14-9-13(5-6-15(14)19)20-8-7-16(22)21-10-11-1-3-12(18)4-2-11/h1-6,9,20H,7-8,10H2,(H,21,22). The van der Waals surface area contributed by atoms with Crippen LogP contribution in [0.5, 0.6) is 0 Å². The predicted molar refractivity (Wildman–Crippen MR) is 82.8 cm³/mol. The molecule has 0 aliphatic heterocycles. The molecule has 6 heteroatoms.